The molecule has 3 aromatic rings. The molecule has 1 aromatic heterocycles. The predicted molar refractivity (Wildman–Crippen MR) is 109 cm³/mol. The van der Waals surface area contributed by atoms with Gasteiger partial charge >= 0.3 is 11.7 Å². The van der Waals surface area contributed by atoms with Gasteiger partial charge in [-0.2, -0.15) is 10.4 Å². The lowest BCUT2D eigenvalue weighted by Crippen LogP contribution is -2.22. The molecule has 0 bridgehead atoms. The van der Waals surface area contributed by atoms with Crippen LogP contribution in [0.15, 0.2) is 53.9 Å². The average Bonchev–Trinajstić information content (AvgIpc) is 3.09. The van der Waals surface area contributed by atoms with Crippen molar-refractivity contribution in [3.8, 4) is 23.4 Å². The van der Waals surface area contributed by atoms with Gasteiger partial charge in [-0.25, -0.2) is 9.48 Å². The Morgan fingerprint density at radius 3 is 2.75 bits per heavy atom. The van der Waals surface area contributed by atoms with Gasteiger partial charge in [0.2, 0.25) is 11.8 Å². The Bertz CT molecular complexity index is 1370. The number of nitriles is 1. The van der Waals surface area contributed by atoms with Crippen molar-refractivity contribution in [1.29, 1.82) is 5.26 Å². The molecule has 2 heterocycles. The second kappa shape index (κ2) is 7.44. The minimum Gasteiger partial charge on any atom is -0.502 e. The van der Waals surface area contributed by atoms with Crippen LogP contribution in [-0.4, -0.2) is 30.9 Å². The third-order valence-electron chi connectivity index (χ3n) is 5.10. The number of aromatic hydroxyl groups is 1. The SMILES string of the molecule is Cc1nn(-c2cccc(C(=O)O)c2)c2c1C(c1ccc(O)c([N+](=O)[O-])c1)C(C#N)=C(N)O2. The highest BCUT2D eigenvalue weighted by atomic mass is 16.6. The lowest BCUT2D eigenvalue weighted by atomic mass is 9.84. The van der Waals surface area contributed by atoms with Crippen LogP contribution in [0.25, 0.3) is 5.69 Å². The number of carboxylic acids is 1. The molecule has 0 amide bonds. The summed E-state index contributed by atoms with van der Waals surface area (Å²) in [6.07, 6.45) is 0. The lowest BCUT2D eigenvalue weighted by Gasteiger charge is -2.24. The number of nitro benzene ring substituents is 1. The summed E-state index contributed by atoms with van der Waals surface area (Å²) in [6.45, 7) is 1.66. The van der Waals surface area contributed by atoms with Crippen molar-refractivity contribution in [3.05, 3.63) is 86.4 Å². The van der Waals surface area contributed by atoms with Crippen molar-refractivity contribution in [1.82, 2.24) is 9.78 Å². The van der Waals surface area contributed by atoms with Crippen LogP contribution in [0.4, 0.5) is 5.69 Å². The number of ether oxygens (including phenoxy) is 1. The summed E-state index contributed by atoms with van der Waals surface area (Å²) >= 11 is 0. The largest absolute Gasteiger partial charge is 0.502 e. The standard InChI is InChI=1S/C21H15N5O6/c1-10-17-18(11-5-6-16(27)15(8-11)26(30)31)14(9-22)19(23)32-20(17)25(24-10)13-4-2-3-12(7-13)21(28)29/h2-8,18,27H,23H2,1H3,(H,28,29). The van der Waals surface area contributed by atoms with Crippen LogP contribution in [0.2, 0.25) is 0 Å². The topological polar surface area (TPSA) is 178 Å². The maximum Gasteiger partial charge on any atom is 0.335 e. The molecule has 1 atom stereocenters. The quantitative estimate of drug-likeness (QED) is 0.412. The number of aryl methyl sites for hydroxylation is 1. The lowest BCUT2D eigenvalue weighted by molar-refractivity contribution is -0.385. The number of aromatic nitrogens is 2. The molecule has 0 saturated carbocycles. The zero-order valence-electron chi connectivity index (χ0n) is 16.5. The van der Waals surface area contributed by atoms with Crippen molar-refractivity contribution in [3.63, 3.8) is 0 Å². The number of fused-ring (bicyclic) bond motifs is 1. The van der Waals surface area contributed by atoms with E-state index in [1.165, 1.54) is 35.0 Å². The Hall–Kier alpha value is -4.85. The molecule has 1 unspecified atom stereocenters. The fourth-order valence-corrected chi connectivity index (χ4v) is 3.66. The number of carboxylic acid groups (broad SMARTS) is 1. The summed E-state index contributed by atoms with van der Waals surface area (Å²) < 4.78 is 7.06. The number of aromatic carboxylic acids is 1. The number of allylic oxidation sites excluding steroid dienone is 1. The Morgan fingerprint density at radius 2 is 2.09 bits per heavy atom. The molecule has 4 rings (SSSR count). The monoisotopic (exact) mass is 433 g/mol. The van der Waals surface area contributed by atoms with E-state index in [9.17, 15) is 30.4 Å². The van der Waals surface area contributed by atoms with Crippen LogP contribution in [0.3, 0.4) is 0 Å². The molecule has 4 N–H and O–H groups in total. The van der Waals surface area contributed by atoms with Gasteiger partial charge in [-0.15, -0.1) is 0 Å². The summed E-state index contributed by atoms with van der Waals surface area (Å²) in [5, 5.41) is 44.6. The fourth-order valence-electron chi connectivity index (χ4n) is 3.66. The number of rotatable bonds is 4. The van der Waals surface area contributed by atoms with Crippen LogP contribution in [0, 0.1) is 28.4 Å². The van der Waals surface area contributed by atoms with Crippen molar-refractivity contribution in [2.45, 2.75) is 12.8 Å². The number of benzene rings is 2. The van der Waals surface area contributed by atoms with E-state index in [1.54, 1.807) is 19.1 Å². The number of nitro groups is 1. The highest BCUT2D eigenvalue weighted by Gasteiger charge is 2.37. The van der Waals surface area contributed by atoms with E-state index < -0.39 is 28.2 Å². The highest BCUT2D eigenvalue weighted by Crippen LogP contribution is 2.46. The van der Waals surface area contributed by atoms with Crippen LogP contribution >= 0.6 is 0 Å². The molecule has 0 spiro atoms. The molecule has 32 heavy (non-hydrogen) atoms. The average molecular weight is 433 g/mol. The Labute approximate surface area is 180 Å². The molecule has 11 heteroatoms. The minimum atomic E-state index is -1.12. The van der Waals surface area contributed by atoms with E-state index >= 15 is 0 Å². The predicted octanol–water partition coefficient (Wildman–Crippen LogP) is 2.71. The van der Waals surface area contributed by atoms with Crippen molar-refractivity contribution in [2.24, 2.45) is 5.73 Å². The molecule has 0 saturated heterocycles. The molecule has 0 aliphatic carbocycles. The third-order valence-corrected chi connectivity index (χ3v) is 5.10. The summed E-state index contributed by atoms with van der Waals surface area (Å²) in [4.78, 5) is 21.9. The first-order valence-electron chi connectivity index (χ1n) is 9.21. The van der Waals surface area contributed by atoms with Gasteiger partial charge in [-0.1, -0.05) is 12.1 Å². The smallest absolute Gasteiger partial charge is 0.335 e. The zero-order valence-corrected chi connectivity index (χ0v) is 16.5. The molecule has 0 fully saturated rings. The molecule has 160 valence electrons. The Morgan fingerprint density at radius 1 is 1.34 bits per heavy atom. The number of hydrogen-bond donors (Lipinski definition) is 3. The van der Waals surface area contributed by atoms with E-state index in [4.69, 9.17) is 10.5 Å². The Balaban J connectivity index is 1.95. The number of phenols is 1. The Kier molecular flexibility index (Phi) is 4.75. The number of phenolic OH excluding ortho intramolecular Hbond substituents is 1. The summed E-state index contributed by atoms with van der Waals surface area (Å²) in [5.74, 6) is -2.54. The van der Waals surface area contributed by atoms with Gasteiger partial charge in [0.25, 0.3) is 0 Å². The second-order valence-electron chi connectivity index (χ2n) is 7.00. The van der Waals surface area contributed by atoms with Gasteiger partial charge in [0.1, 0.15) is 11.6 Å². The first-order valence-corrected chi connectivity index (χ1v) is 9.21. The highest BCUT2D eigenvalue weighted by molar-refractivity contribution is 5.88. The van der Waals surface area contributed by atoms with E-state index in [2.05, 4.69) is 5.10 Å². The van der Waals surface area contributed by atoms with Crippen LogP contribution in [-0.2, 0) is 0 Å². The summed E-state index contributed by atoms with van der Waals surface area (Å²) in [5.41, 5.74) is 7.16. The fraction of sp³-hybridized carbons (Fsp3) is 0.0952. The third kappa shape index (κ3) is 3.16. The van der Waals surface area contributed by atoms with E-state index in [0.29, 0.717) is 22.5 Å². The maximum absolute atomic E-state index is 11.4. The second-order valence-corrected chi connectivity index (χ2v) is 7.00. The van der Waals surface area contributed by atoms with Gasteiger partial charge in [-0.05, 0) is 36.8 Å². The zero-order chi connectivity index (χ0) is 23.2. The molecule has 11 nitrogen and oxygen atoms in total. The van der Waals surface area contributed by atoms with Gasteiger partial charge in [0.05, 0.1) is 33.3 Å². The molecular formula is C21H15N5O6. The van der Waals surface area contributed by atoms with Crippen LogP contribution in [0.1, 0.15) is 33.1 Å². The molecule has 1 aliphatic rings. The molecule has 2 aromatic carbocycles. The first kappa shape index (κ1) is 20.4. The van der Waals surface area contributed by atoms with Crippen LogP contribution < -0.4 is 10.5 Å². The number of hydrogen-bond acceptors (Lipinski definition) is 8. The summed E-state index contributed by atoms with van der Waals surface area (Å²) in [7, 11) is 0. The number of carbonyl (C=O) groups is 1. The van der Waals surface area contributed by atoms with Crippen molar-refractivity contribution < 1.29 is 24.7 Å². The van der Waals surface area contributed by atoms with E-state index in [-0.39, 0.29) is 22.9 Å². The van der Waals surface area contributed by atoms with E-state index in [0.717, 1.165) is 0 Å². The van der Waals surface area contributed by atoms with Gasteiger partial charge in [0.15, 0.2) is 5.75 Å². The molecule has 0 radical (unpaired) electrons. The summed E-state index contributed by atoms with van der Waals surface area (Å²) in [6, 6.07) is 11.8. The van der Waals surface area contributed by atoms with Gasteiger partial charge < -0.3 is 20.7 Å². The van der Waals surface area contributed by atoms with Gasteiger partial charge in [-0.3, -0.25) is 10.1 Å². The van der Waals surface area contributed by atoms with Crippen molar-refractivity contribution >= 4 is 11.7 Å². The van der Waals surface area contributed by atoms with Crippen LogP contribution in [0.5, 0.6) is 11.6 Å². The first-order chi connectivity index (χ1) is 15.2. The van der Waals surface area contributed by atoms with Crippen molar-refractivity contribution in [2.75, 3.05) is 0 Å². The number of nitrogens with zero attached hydrogens (tertiary/aromatic N) is 4. The number of nitrogens with two attached hydrogens (primary N) is 1. The van der Waals surface area contributed by atoms with E-state index in [1.807, 2.05) is 6.07 Å². The minimum absolute atomic E-state index is 0.0272. The van der Waals surface area contributed by atoms with Gasteiger partial charge in [0, 0.05) is 6.07 Å². The maximum atomic E-state index is 11.4. The molecule has 1 aliphatic heterocycles. The normalized spacial score (nSPS) is 14.9. The molecular weight excluding hydrogens is 418 g/mol.